The average Bonchev–Trinajstić information content (AvgIpc) is 1.88. The van der Waals surface area contributed by atoms with Crippen molar-refractivity contribution in [2.45, 2.75) is 13.0 Å². The fourth-order valence-electron chi connectivity index (χ4n) is 0.593. The van der Waals surface area contributed by atoms with Gasteiger partial charge in [0.2, 0.25) is 5.91 Å². The zero-order valence-corrected chi connectivity index (χ0v) is 6.39. The first-order chi connectivity index (χ1) is 4.70. The zero-order chi connectivity index (χ0) is 7.98. The smallest absolute Gasteiger partial charge is 0.243 e. The third-order valence-electron chi connectivity index (χ3n) is 0.991. The molecule has 0 aromatic heterocycles. The molecule has 0 fully saturated rings. The van der Waals surface area contributed by atoms with E-state index in [4.69, 9.17) is 4.74 Å². The van der Waals surface area contributed by atoms with Gasteiger partial charge in [-0.1, -0.05) is 6.58 Å². The normalized spacial score (nSPS) is 12.2. The summed E-state index contributed by atoms with van der Waals surface area (Å²) in [5, 5.41) is 2.65. The van der Waals surface area contributed by atoms with Crippen LogP contribution in [-0.2, 0) is 9.53 Å². The van der Waals surface area contributed by atoms with Crippen LogP contribution in [0.1, 0.15) is 6.92 Å². The Morgan fingerprint density at radius 2 is 2.50 bits per heavy atom. The van der Waals surface area contributed by atoms with E-state index in [1.165, 1.54) is 6.08 Å². The minimum Gasteiger partial charge on any atom is -0.383 e. The van der Waals surface area contributed by atoms with Crippen molar-refractivity contribution in [3.8, 4) is 0 Å². The van der Waals surface area contributed by atoms with Crippen molar-refractivity contribution in [2.24, 2.45) is 0 Å². The third kappa shape index (κ3) is 4.09. The van der Waals surface area contributed by atoms with Crippen LogP contribution in [0.4, 0.5) is 0 Å². The lowest BCUT2D eigenvalue weighted by Gasteiger charge is -2.09. The summed E-state index contributed by atoms with van der Waals surface area (Å²) in [6, 6.07) is 0.0514. The first kappa shape index (κ1) is 9.17. The number of hydrogen-bond donors (Lipinski definition) is 1. The van der Waals surface area contributed by atoms with Gasteiger partial charge in [0.1, 0.15) is 0 Å². The van der Waals surface area contributed by atoms with Gasteiger partial charge in [-0.05, 0) is 13.0 Å². The highest BCUT2D eigenvalue weighted by atomic mass is 16.5. The van der Waals surface area contributed by atoms with E-state index in [0.717, 1.165) is 0 Å². The molecular weight excluding hydrogens is 130 g/mol. The van der Waals surface area contributed by atoms with Crippen molar-refractivity contribution in [3.05, 3.63) is 12.7 Å². The second-order valence-corrected chi connectivity index (χ2v) is 2.07. The molecule has 3 heteroatoms. The van der Waals surface area contributed by atoms with Gasteiger partial charge in [0, 0.05) is 13.2 Å². The van der Waals surface area contributed by atoms with Crippen LogP contribution in [0.5, 0.6) is 0 Å². The Labute approximate surface area is 61.1 Å². The van der Waals surface area contributed by atoms with Crippen molar-refractivity contribution >= 4 is 5.91 Å². The fourth-order valence-corrected chi connectivity index (χ4v) is 0.593. The van der Waals surface area contributed by atoms with Crippen molar-refractivity contribution in [3.63, 3.8) is 0 Å². The van der Waals surface area contributed by atoms with Crippen LogP contribution in [0.15, 0.2) is 12.7 Å². The van der Waals surface area contributed by atoms with E-state index in [9.17, 15) is 4.79 Å². The quantitative estimate of drug-likeness (QED) is 0.576. The number of ether oxygens (including phenoxy) is 1. The van der Waals surface area contributed by atoms with Gasteiger partial charge in [0.15, 0.2) is 0 Å². The lowest BCUT2D eigenvalue weighted by Crippen LogP contribution is -2.34. The van der Waals surface area contributed by atoms with E-state index in [2.05, 4.69) is 11.9 Å². The molecule has 0 bridgehead atoms. The maximum atomic E-state index is 10.6. The molecule has 1 unspecified atom stereocenters. The molecule has 0 aromatic rings. The first-order valence-corrected chi connectivity index (χ1v) is 3.12. The molecule has 0 spiro atoms. The van der Waals surface area contributed by atoms with E-state index in [0.29, 0.717) is 6.61 Å². The number of hydrogen-bond acceptors (Lipinski definition) is 2. The Morgan fingerprint density at radius 3 is 2.90 bits per heavy atom. The van der Waals surface area contributed by atoms with Crippen molar-refractivity contribution in [1.29, 1.82) is 0 Å². The molecule has 1 atom stereocenters. The predicted octanol–water partition coefficient (Wildman–Crippen LogP) is 0.323. The van der Waals surface area contributed by atoms with Crippen LogP contribution in [0, 0.1) is 0 Å². The van der Waals surface area contributed by atoms with E-state index >= 15 is 0 Å². The highest BCUT2D eigenvalue weighted by Gasteiger charge is 2.01. The molecule has 0 radical (unpaired) electrons. The van der Waals surface area contributed by atoms with Gasteiger partial charge >= 0.3 is 0 Å². The number of nitrogens with one attached hydrogen (secondary N) is 1. The van der Waals surface area contributed by atoms with E-state index < -0.39 is 0 Å². The summed E-state index contributed by atoms with van der Waals surface area (Å²) in [6.07, 6.45) is 1.24. The predicted molar refractivity (Wildman–Crippen MR) is 39.7 cm³/mol. The van der Waals surface area contributed by atoms with Gasteiger partial charge in [0.05, 0.1) is 6.61 Å². The molecule has 0 aromatic carbocycles. The molecular formula is C7H13NO2. The standard InChI is InChI=1S/C7H13NO2/c1-4-7(9)8-6(2)5-10-3/h4,6H,1,5H2,2-3H3,(H,8,9). The molecule has 10 heavy (non-hydrogen) atoms. The minimum atomic E-state index is -0.162. The van der Waals surface area contributed by atoms with E-state index in [-0.39, 0.29) is 11.9 Å². The van der Waals surface area contributed by atoms with Crippen molar-refractivity contribution in [2.75, 3.05) is 13.7 Å². The molecule has 3 nitrogen and oxygen atoms in total. The maximum Gasteiger partial charge on any atom is 0.243 e. The fraction of sp³-hybridized carbons (Fsp3) is 0.571. The van der Waals surface area contributed by atoms with Gasteiger partial charge in [-0.15, -0.1) is 0 Å². The van der Waals surface area contributed by atoms with Gasteiger partial charge in [-0.3, -0.25) is 4.79 Å². The first-order valence-electron chi connectivity index (χ1n) is 3.12. The highest BCUT2D eigenvalue weighted by Crippen LogP contribution is 1.81. The monoisotopic (exact) mass is 143 g/mol. The van der Waals surface area contributed by atoms with Crippen LogP contribution in [-0.4, -0.2) is 25.7 Å². The molecule has 1 N–H and O–H groups in total. The Balaban J connectivity index is 3.46. The zero-order valence-electron chi connectivity index (χ0n) is 6.39. The summed E-state index contributed by atoms with van der Waals surface area (Å²) in [5.41, 5.74) is 0. The lowest BCUT2D eigenvalue weighted by molar-refractivity contribution is -0.117. The van der Waals surface area contributed by atoms with Gasteiger partial charge < -0.3 is 10.1 Å². The second-order valence-electron chi connectivity index (χ2n) is 2.07. The molecule has 0 saturated heterocycles. The topological polar surface area (TPSA) is 38.3 Å². The summed E-state index contributed by atoms with van der Waals surface area (Å²) >= 11 is 0. The SMILES string of the molecule is C=CC(=O)NC(C)COC. The number of amides is 1. The summed E-state index contributed by atoms with van der Waals surface area (Å²) in [6.45, 7) is 5.71. The summed E-state index contributed by atoms with van der Waals surface area (Å²) in [4.78, 5) is 10.6. The number of methoxy groups -OCH3 is 1. The van der Waals surface area contributed by atoms with Crippen LogP contribution >= 0.6 is 0 Å². The maximum absolute atomic E-state index is 10.6. The average molecular weight is 143 g/mol. The molecule has 0 saturated carbocycles. The molecule has 0 aliphatic rings. The Bertz CT molecular complexity index is 123. The van der Waals surface area contributed by atoms with Gasteiger partial charge in [0.25, 0.3) is 0 Å². The largest absolute Gasteiger partial charge is 0.383 e. The number of carbonyl (C=O) groups is 1. The van der Waals surface area contributed by atoms with Crippen molar-refractivity contribution in [1.82, 2.24) is 5.32 Å². The van der Waals surface area contributed by atoms with E-state index in [1.807, 2.05) is 6.92 Å². The van der Waals surface area contributed by atoms with Crippen LogP contribution in [0.2, 0.25) is 0 Å². The molecule has 0 rings (SSSR count). The second kappa shape index (κ2) is 4.99. The summed E-state index contributed by atoms with van der Waals surface area (Å²) < 4.78 is 4.80. The molecule has 0 heterocycles. The third-order valence-corrected chi connectivity index (χ3v) is 0.991. The van der Waals surface area contributed by atoms with Crippen LogP contribution in [0.25, 0.3) is 0 Å². The van der Waals surface area contributed by atoms with Crippen LogP contribution in [0.3, 0.4) is 0 Å². The highest BCUT2D eigenvalue weighted by molar-refractivity contribution is 5.87. The molecule has 1 amide bonds. The van der Waals surface area contributed by atoms with Gasteiger partial charge in [-0.2, -0.15) is 0 Å². The molecule has 0 aliphatic heterocycles. The summed E-state index contributed by atoms with van der Waals surface area (Å²) in [7, 11) is 1.59. The van der Waals surface area contributed by atoms with Gasteiger partial charge in [-0.25, -0.2) is 0 Å². The molecule has 58 valence electrons. The van der Waals surface area contributed by atoms with E-state index in [1.54, 1.807) is 7.11 Å². The minimum absolute atomic E-state index is 0.0514. The number of carbonyl (C=O) groups excluding carboxylic acids is 1. The Hall–Kier alpha value is -0.830. The number of rotatable bonds is 4. The van der Waals surface area contributed by atoms with Crippen molar-refractivity contribution < 1.29 is 9.53 Å². The lowest BCUT2D eigenvalue weighted by atomic mass is 10.3. The van der Waals surface area contributed by atoms with Crippen LogP contribution < -0.4 is 5.32 Å². The summed E-state index contributed by atoms with van der Waals surface area (Å²) in [5.74, 6) is -0.162. The Morgan fingerprint density at radius 1 is 1.90 bits per heavy atom. The molecule has 0 aliphatic carbocycles. The Kier molecular flexibility index (Phi) is 4.58.